The summed E-state index contributed by atoms with van der Waals surface area (Å²) in [6, 6.07) is 2.13. The highest BCUT2D eigenvalue weighted by Gasteiger charge is 2.22. The molecule has 25 heavy (non-hydrogen) atoms. The smallest absolute Gasteiger partial charge is 0.305 e. The van der Waals surface area contributed by atoms with E-state index in [0.29, 0.717) is 5.95 Å². The first kappa shape index (κ1) is 15.6. The van der Waals surface area contributed by atoms with Crippen molar-refractivity contribution in [3.05, 3.63) is 39.8 Å². The van der Waals surface area contributed by atoms with Crippen molar-refractivity contribution < 1.29 is 4.92 Å². The highest BCUT2D eigenvalue weighted by Crippen LogP contribution is 2.30. The average molecular weight is 357 g/mol. The van der Waals surface area contributed by atoms with Gasteiger partial charge in [0.05, 0.1) is 10.3 Å². The fourth-order valence-electron chi connectivity index (χ4n) is 2.91. The van der Waals surface area contributed by atoms with Crippen LogP contribution in [-0.4, -0.2) is 51.0 Å². The number of nitrogens with zero attached hydrogens (tertiary/aromatic N) is 7. The van der Waals surface area contributed by atoms with Gasteiger partial charge in [-0.05, 0) is 13.0 Å². The standard InChI is InChI=1S/C15H15N7O2S/c1-10-6-12-13(18-9-19-14(12)25-10)20-2-4-21(5-3-20)15-16-7-11(8-17-15)22(23)24/h6-9H,2-5H2,1H3. The summed E-state index contributed by atoms with van der Waals surface area (Å²) in [6.45, 7) is 5.08. The van der Waals surface area contributed by atoms with Crippen LogP contribution < -0.4 is 9.80 Å². The molecule has 0 spiro atoms. The molecule has 0 aliphatic carbocycles. The minimum atomic E-state index is -0.495. The van der Waals surface area contributed by atoms with Crippen molar-refractivity contribution in [2.75, 3.05) is 36.0 Å². The van der Waals surface area contributed by atoms with Crippen LogP contribution in [0.2, 0.25) is 0 Å². The number of nitro groups is 1. The third kappa shape index (κ3) is 2.95. The molecule has 9 nitrogen and oxygen atoms in total. The number of thiophene rings is 1. The summed E-state index contributed by atoms with van der Waals surface area (Å²) in [7, 11) is 0. The number of aryl methyl sites for hydroxylation is 1. The van der Waals surface area contributed by atoms with Gasteiger partial charge in [0.15, 0.2) is 0 Å². The molecule has 1 aliphatic rings. The summed E-state index contributed by atoms with van der Waals surface area (Å²) >= 11 is 1.67. The third-order valence-corrected chi connectivity index (χ3v) is 5.09. The molecule has 0 unspecified atom stereocenters. The number of rotatable bonds is 3. The molecule has 0 saturated carbocycles. The molecule has 0 radical (unpaired) electrons. The molecule has 1 fully saturated rings. The van der Waals surface area contributed by atoms with E-state index in [4.69, 9.17) is 0 Å². The zero-order chi connectivity index (χ0) is 17.4. The van der Waals surface area contributed by atoms with Gasteiger partial charge in [0.2, 0.25) is 5.95 Å². The van der Waals surface area contributed by atoms with Crippen LogP contribution in [0.25, 0.3) is 10.2 Å². The summed E-state index contributed by atoms with van der Waals surface area (Å²) in [5.41, 5.74) is -0.0985. The van der Waals surface area contributed by atoms with E-state index in [9.17, 15) is 10.1 Å². The zero-order valence-corrected chi connectivity index (χ0v) is 14.3. The first-order chi connectivity index (χ1) is 12.1. The van der Waals surface area contributed by atoms with Crippen LogP contribution in [0.5, 0.6) is 0 Å². The summed E-state index contributed by atoms with van der Waals surface area (Å²) < 4.78 is 0. The van der Waals surface area contributed by atoms with Crippen molar-refractivity contribution in [3.63, 3.8) is 0 Å². The minimum Gasteiger partial charge on any atom is -0.352 e. The molecule has 0 amide bonds. The average Bonchev–Trinajstić information content (AvgIpc) is 3.02. The first-order valence-electron chi connectivity index (χ1n) is 7.79. The van der Waals surface area contributed by atoms with Gasteiger partial charge in [-0.15, -0.1) is 11.3 Å². The Morgan fingerprint density at radius 3 is 2.44 bits per heavy atom. The number of fused-ring (bicyclic) bond motifs is 1. The number of piperazine rings is 1. The Labute approximate surface area is 147 Å². The predicted octanol–water partition coefficient (Wildman–Crippen LogP) is 2.02. The molecule has 0 aromatic carbocycles. The van der Waals surface area contributed by atoms with E-state index in [1.165, 1.54) is 17.3 Å². The van der Waals surface area contributed by atoms with Gasteiger partial charge >= 0.3 is 5.69 Å². The van der Waals surface area contributed by atoms with Crippen molar-refractivity contribution in [1.82, 2.24) is 19.9 Å². The van der Waals surface area contributed by atoms with Crippen molar-refractivity contribution in [3.8, 4) is 0 Å². The zero-order valence-electron chi connectivity index (χ0n) is 13.5. The van der Waals surface area contributed by atoms with Crippen molar-refractivity contribution >= 4 is 39.0 Å². The lowest BCUT2D eigenvalue weighted by Crippen LogP contribution is -2.47. The molecule has 0 atom stereocenters. The molecule has 4 heterocycles. The molecule has 128 valence electrons. The van der Waals surface area contributed by atoms with Gasteiger partial charge in [0.25, 0.3) is 0 Å². The van der Waals surface area contributed by atoms with E-state index in [2.05, 4.69) is 37.8 Å². The normalized spacial score (nSPS) is 14.9. The highest BCUT2D eigenvalue weighted by molar-refractivity contribution is 7.18. The molecular formula is C15H15N7O2S. The quantitative estimate of drug-likeness (QED) is 0.518. The van der Waals surface area contributed by atoms with Gasteiger partial charge in [-0.1, -0.05) is 0 Å². The predicted molar refractivity (Wildman–Crippen MR) is 95.3 cm³/mol. The largest absolute Gasteiger partial charge is 0.352 e. The van der Waals surface area contributed by atoms with Crippen LogP contribution in [0, 0.1) is 17.0 Å². The van der Waals surface area contributed by atoms with Crippen molar-refractivity contribution in [1.29, 1.82) is 0 Å². The van der Waals surface area contributed by atoms with E-state index in [-0.39, 0.29) is 5.69 Å². The topological polar surface area (TPSA) is 101 Å². The molecule has 0 bridgehead atoms. The second kappa shape index (κ2) is 6.20. The molecule has 3 aromatic heterocycles. The second-order valence-corrected chi connectivity index (χ2v) is 6.98. The highest BCUT2D eigenvalue weighted by atomic mass is 32.1. The Bertz CT molecular complexity index is 919. The number of hydrogen-bond donors (Lipinski definition) is 0. The van der Waals surface area contributed by atoms with Crippen LogP contribution in [-0.2, 0) is 0 Å². The monoisotopic (exact) mass is 357 g/mol. The van der Waals surface area contributed by atoms with E-state index in [0.717, 1.165) is 42.2 Å². The summed E-state index contributed by atoms with van der Waals surface area (Å²) in [5, 5.41) is 11.8. The van der Waals surface area contributed by atoms with Crippen LogP contribution in [0.3, 0.4) is 0 Å². The number of hydrogen-bond acceptors (Lipinski definition) is 9. The fraction of sp³-hybridized carbons (Fsp3) is 0.333. The molecule has 4 rings (SSSR count). The lowest BCUT2D eigenvalue weighted by molar-refractivity contribution is -0.385. The van der Waals surface area contributed by atoms with Gasteiger partial charge in [0.1, 0.15) is 29.4 Å². The summed E-state index contributed by atoms with van der Waals surface area (Å²) in [4.78, 5) is 33.7. The maximum absolute atomic E-state index is 10.7. The fourth-order valence-corrected chi connectivity index (χ4v) is 3.75. The maximum atomic E-state index is 10.7. The first-order valence-corrected chi connectivity index (χ1v) is 8.61. The van der Waals surface area contributed by atoms with E-state index in [1.54, 1.807) is 17.7 Å². The molecule has 3 aromatic rings. The Kier molecular flexibility index (Phi) is 3.88. The third-order valence-electron chi connectivity index (χ3n) is 4.13. The Morgan fingerprint density at radius 2 is 1.76 bits per heavy atom. The van der Waals surface area contributed by atoms with Crippen LogP contribution >= 0.6 is 11.3 Å². The molecule has 10 heteroatoms. The number of anilines is 2. The van der Waals surface area contributed by atoms with Crippen molar-refractivity contribution in [2.45, 2.75) is 6.92 Å². The van der Waals surface area contributed by atoms with E-state index < -0.39 is 4.92 Å². The SMILES string of the molecule is Cc1cc2c(N3CCN(c4ncc([N+](=O)[O-])cn4)CC3)ncnc2s1. The van der Waals surface area contributed by atoms with Crippen LogP contribution in [0.15, 0.2) is 24.8 Å². The van der Waals surface area contributed by atoms with Crippen LogP contribution in [0.1, 0.15) is 4.88 Å². The molecule has 0 N–H and O–H groups in total. The Balaban J connectivity index is 1.50. The Hall–Kier alpha value is -2.88. The number of aromatic nitrogens is 4. The maximum Gasteiger partial charge on any atom is 0.305 e. The van der Waals surface area contributed by atoms with Crippen molar-refractivity contribution in [2.24, 2.45) is 0 Å². The second-order valence-electron chi connectivity index (χ2n) is 5.75. The van der Waals surface area contributed by atoms with Crippen LogP contribution in [0.4, 0.5) is 17.5 Å². The summed E-state index contributed by atoms with van der Waals surface area (Å²) in [6.07, 6.45) is 4.10. The van der Waals surface area contributed by atoms with E-state index >= 15 is 0 Å². The van der Waals surface area contributed by atoms with Gasteiger partial charge < -0.3 is 9.80 Å². The van der Waals surface area contributed by atoms with Gasteiger partial charge in [-0.25, -0.2) is 19.9 Å². The molecular weight excluding hydrogens is 342 g/mol. The van der Waals surface area contributed by atoms with E-state index in [1.807, 2.05) is 4.90 Å². The van der Waals surface area contributed by atoms with Gasteiger partial charge in [-0.2, -0.15) is 0 Å². The van der Waals surface area contributed by atoms with Gasteiger partial charge in [-0.3, -0.25) is 10.1 Å². The molecule has 1 aliphatic heterocycles. The lowest BCUT2D eigenvalue weighted by Gasteiger charge is -2.35. The van der Waals surface area contributed by atoms with Gasteiger partial charge in [0, 0.05) is 31.1 Å². The summed E-state index contributed by atoms with van der Waals surface area (Å²) in [5.74, 6) is 1.48. The minimum absolute atomic E-state index is 0.0985. The Morgan fingerprint density at radius 1 is 1.08 bits per heavy atom. The molecule has 1 saturated heterocycles. The lowest BCUT2D eigenvalue weighted by atomic mass is 10.2.